The van der Waals surface area contributed by atoms with E-state index < -0.39 is 5.60 Å². The maximum Gasteiger partial charge on any atom is 0.0927 e. The van der Waals surface area contributed by atoms with Crippen LogP contribution in [0.4, 0.5) is 5.69 Å². The summed E-state index contributed by atoms with van der Waals surface area (Å²) in [6, 6.07) is 20.2. The van der Waals surface area contributed by atoms with Crippen molar-refractivity contribution in [2.45, 2.75) is 56.3 Å². The molecule has 2 fully saturated rings. The van der Waals surface area contributed by atoms with Gasteiger partial charge >= 0.3 is 0 Å². The van der Waals surface area contributed by atoms with Gasteiger partial charge in [0.1, 0.15) is 0 Å². The van der Waals surface area contributed by atoms with Crippen molar-refractivity contribution >= 4 is 5.69 Å². The molecule has 2 bridgehead atoms. The maximum absolute atomic E-state index is 11.6. The third-order valence-corrected chi connectivity index (χ3v) is 6.27. The monoisotopic (exact) mass is 350 g/mol. The van der Waals surface area contributed by atoms with E-state index >= 15 is 0 Å². The van der Waals surface area contributed by atoms with E-state index in [9.17, 15) is 5.11 Å². The Morgan fingerprint density at radius 2 is 1.69 bits per heavy atom. The lowest BCUT2D eigenvalue weighted by Crippen LogP contribution is -2.56. The zero-order chi connectivity index (χ0) is 18.1. The standard InChI is InChI=1S/C23H30N2O/c1-24(2)20-11-6-10-19(14-20)23(26)15-21-12-7-13-22(16-23)25(21)17-18-8-4-3-5-9-18/h3-6,8-11,14,21-22,26H,7,12-13,15-17H2,1-2H3. The summed E-state index contributed by atoms with van der Waals surface area (Å²) in [6.45, 7) is 1.00. The predicted octanol–water partition coefficient (Wildman–Crippen LogP) is 4.16. The summed E-state index contributed by atoms with van der Waals surface area (Å²) in [7, 11) is 4.11. The SMILES string of the molecule is CN(C)c1cccc(C2(O)CC3CCCC(C2)N3Cc2ccccc2)c1. The Morgan fingerprint density at radius 1 is 1.00 bits per heavy atom. The van der Waals surface area contributed by atoms with E-state index in [2.05, 4.69) is 78.5 Å². The minimum absolute atomic E-state index is 0.468. The van der Waals surface area contributed by atoms with Crippen LogP contribution >= 0.6 is 0 Å². The van der Waals surface area contributed by atoms with Crippen molar-refractivity contribution in [3.8, 4) is 0 Å². The molecule has 3 nitrogen and oxygen atoms in total. The Kier molecular flexibility index (Phi) is 4.76. The van der Waals surface area contributed by atoms with Crippen molar-refractivity contribution in [2.75, 3.05) is 19.0 Å². The van der Waals surface area contributed by atoms with Gasteiger partial charge in [-0.15, -0.1) is 0 Å². The molecule has 2 aromatic carbocycles. The normalized spacial score (nSPS) is 28.7. The first-order valence-corrected chi connectivity index (χ1v) is 9.85. The van der Waals surface area contributed by atoms with Crippen LogP contribution in [0.25, 0.3) is 0 Å². The van der Waals surface area contributed by atoms with Gasteiger partial charge in [-0.1, -0.05) is 48.9 Å². The third kappa shape index (κ3) is 3.38. The summed E-state index contributed by atoms with van der Waals surface area (Å²) in [5, 5.41) is 11.6. The number of hydrogen-bond donors (Lipinski definition) is 1. The van der Waals surface area contributed by atoms with Crippen LogP contribution in [0.2, 0.25) is 0 Å². The fraction of sp³-hybridized carbons (Fsp3) is 0.478. The second-order valence-electron chi connectivity index (χ2n) is 8.28. The molecule has 2 saturated heterocycles. The fourth-order valence-electron chi connectivity index (χ4n) is 4.88. The van der Waals surface area contributed by atoms with Crippen molar-refractivity contribution in [1.29, 1.82) is 0 Å². The van der Waals surface area contributed by atoms with E-state index in [1.165, 1.54) is 24.8 Å². The minimum atomic E-state index is -0.699. The van der Waals surface area contributed by atoms with Crippen molar-refractivity contribution in [3.63, 3.8) is 0 Å². The van der Waals surface area contributed by atoms with Crippen LogP contribution < -0.4 is 4.90 Å². The second kappa shape index (κ2) is 7.05. The van der Waals surface area contributed by atoms with Crippen LogP contribution in [-0.2, 0) is 12.1 Å². The summed E-state index contributed by atoms with van der Waals surface area (Å²) >= 11 is 0. The molecular weight excluding hydrogens is 320 g/mol. The van der Waals surface area contributed by atoms with Crippen LogP contribution in [0.3, 0.4) is 0 Å². The van der Waals surface area contributed by atoms with Gasteiger partial charge in [0, 0.05) is 38.4 Å². The van der Waals surface area contributed by atoms with E-state index in [1.54, 1.807) is 0 Å². The summed E-state index contributed by atoms with van der Waals surface area (Å²) < 4.78 is 0. The molecule has 4 rings (SSSR count). The van der Waals surface area contributed by atoms with E-state index in [1.807, 2.05) is 0 Å². The second-order valence-corrected chi connectivity index (χ2v) is 8.28. The first-order chi connectivity index (χ1) is 12.5. The lowest BCUT2D eigenvalue weighted by molar-refractivity contribution is -0.0999. The van der Waals surface area contributed by atoms with Gasteiger partial charge in [0.05, 0.1) is 5.60 Å². The molecule has 3 heteroatoms. The summed E-state index contributed by atoms with van der Waals surface area (Å²) in [6.07, 6.45) is 5.35. The third-order valence-electron chi connectivity index (χ3n) is 6.27. The van der Waals surface area contributed by atoms with Gasteiger partial charge in [-0.25, -0.2) is 0 Å². The van der Waals surface area contributed by atoms with Crippen molar-refractivity contribution in [2.24, 2.45) is 0 Å². The topological polar surface area (TPSA) is 26.7 Å². The average Bonchev–Trinajstić information content (AvgIpc) is 2.64. The molecule has 0 radical (unpaired) electrons. The first kappa shape index (κ1) is 17.6. The number of rotatable bonds is 4. The highest BCUT2D eigenvalue weighted by Crippen LogP contribution is 2.45. The molecule has 0 saturated carbocycles. The van der Waals surface area contributed by atoms with Gasteiger partial charge in [0.15, 0.2) is 0 Å². The largest absolute Gasteiger partial charge is 0.385 e. The van der Waals surface area contributed by atoms with Crippen molar-refractivity contribution in [3.05, 3.63) is 65.7 Å². The molecule has 26 heavy (non-hydrogen) atoms. The summed E-state index contributed by atoms with van der Waals surface area (Å²) in [4.78, 5) is 4.77. The van der Waals surface area contributed by atoms with E-state index in [4.69, 9.17) is 0 Å². The van der Waals surface area contributed by atoms with Gasteiger partial charge in [-0.05, 0) is 48.9 Å². The van der Waals surface area contributed by atoms with E-state index in [0.717, 1.165) is 30.6 Å². The zero-order valence-corrected chi connectivity index (χ0v) is 15.9. The number of hydrogen-bond acceptors (Lipinski definition) is 3. The summed E-state index contributed by atoms with van der Waals surface area (Å²) in [5.41, 5.74) is 2.92. The number of piperidine rings is 2. The molecule has 0 amide bonds. The molecule has 0 spiro atoms. The molecule has 0 aromatic heterocycles. The Hall–Kier alpha value is -1.84. The van der Waals surface area contributed by atoms with Crippen LogP contribution in [0, 0.1) is 0 Å². The maximum atomic E-state index is 11.6. The number of fused-ring (bicyclic) bond motifs is 2. The van der Waals surface area contributed by atoms with Crippen LogP contribution in [0.15, 0.2) is 54.6 Å². The number of anilines is 1. The quantitative estimate of drug-likeness (QED) is 0.897. The van der Waals surface area contributed by atoms with E-state index in [-0.39, 0.29) is 0 Å². The Balaban J connectivity index is 1.58. The Labute approximate surface area is 157 Å². The minimum Gasteiger partial charge on any atom is -0.385 e. The molecule has 138 valence electrons. The van der Waals surface area contributed by atoms with Gasteiger partial charge in [-0.2, -0.15) is 0 Å². The average molecular weight is 351 g/mol. The smallest absolute Gasteiger partial charge is 0.0927 e. The van der Waals surface area contributed by atoms with Gasteiger partial charge in [0.2, 0.25) is 0 Å². The van der Waals surface area contributed by atoms with E-state index in [0.29, 0.717) is 12.1 Å². The Morgan fingerprint density at radius 3 is 2.35 bits per heavy atom. The first-order valence-electron chi connectivity index (χ1n) is 9.85. The van der Waals surface area contributed by atoms with Crippen molar-refractivity contribution < 1.29 is 5.11 Å². The van der Waals surface area contributed by atoms with Gasteiger partial charge in [0.25, 0.3) is 0 Å². The molecule has 0 aliphatic carbocycles. The molecule has 2 aliphatic rings. The fourth-order valence-corrected chi connectivity index (χ4v) is 4.88. The lowest BCUT2D eigenvalue weighted by atomic mass is 9.72. The van der Waals surface area contributed by atoms with Crippen LogP contribution in [-0.4, -0.2) is 36.2 Å². The Bertz CT molecular complexity index is 729. The highest BCUT2D eigenvalue weighted by molar-refractivity contribution is 5.48. The molecule has 1 N–H and O–H groups in total. The molecular formula is C23H30N2O. The molecule has 2 unspecified atom stereocenters. The molecule has 2 aliphatic heterocycles. The van der Waals surface area contributed by atoms with Crippen LogP contribution in [0.5, 0.6) is 0 Å². The number of aliphatic hydroxyl groups is 1. The lowest BCUT2D eigenvalue weighted by Gasteiger charge is -2.52. The highest BCUT2D eigenvalue weighted by atomic mass is 16.3. The van der Waals surface area contributed by atoms with Crippen LogP contribution in [0.1, 0.15) is 43.2 Å². The zero-order valence-electron chi connectivity index (χ0n) is 15.9. The highest BCUT2D eigenvalue weighted by Gasteiger charge is 2.46. The summed E-state index contributed by atoms with van der Waals surface area (Å²) in [5.74, 6) is 0. The van der Waals surface area contributed by atoms with Gasteiger partial charge in [-0.3, -0.25) is 4.90 Å². The molecule has 2 heterocycles. The number of nitrogens with zero attached hydrogens (tertiary/aromatic N) is 2. The number of benzene rings is 2. The molecule has 2 aromatic rings. The van der Waals surface area contributed by atoms with Gasteiger partial charge < -0.3 is 10.0 Å². The van der Waals surface area contributed by atoms with Crippen molar-refractivity contribution in [1.82, 2.24) is 4.90 Å². The molecule has 2 atom stereocenters. The predicted molar refractivity (Wildman–Crippen MR) is 107 cm³/mol.